The first-order chi connectivity index (χ1) is 8.54. The van der Waals surface area contributed by atoms with Gasteiger partial charge >= 0.3 is 0 Å². The molecule has 0 aliphatic carbocycles. The van der Waals surface area contributed by atoms with Crippen LogP contribution in [-0.4, -0.2) is 15.9 Å². The van der Waals surface area contributed by atoms with Gasteiger partial charge in [0, 0.05) is 22.3 Å². The van der Waals surface area contributed by atoms with Gasteiger partial charge in [-0.25, -0.2) is 4.98 Å². The van der Waals surface area contributed by atoms with Crippen LogP contribution in [0, 0.1) is 6.92 Å². The van der Waals surface area contributed by atoms with Gasteiger partial charge in [0.2, 0.25) is 5.95 Å². The molecule has 1 aromatic carbocycles. The second-order valence-corrected chi connectivity index (χ2v) is 4.13. The van der Waals surface area contributed by atoms with E-state index in [9.17, 15) is 9.59 Å². The standard InChI is InChI=1S/C12H10ClN3O2/c1-7-6-10(17)15-12(14-7)16-11(18)8-2-4-9(13)5-3-8/h2-6H,1H3,(H2,14,15,16,17,18). The second-order valence-electron chi connectivity index (χ2n) is 3.70. The molecule has 1 aromatic heterocycles. The molecule has 92 valence electrons. The number of hydrogen-bond acceptors (Lipinski definition) is 3. The summed E-state index contributed by atoms with van der Waals surface area (Å²) in [6.07, 6.45) is 0. The van der Waals surface area contributed by atoms with Crippen molar-refractivity contribution in [3.63, 3.8) is 0 Å². The van der Waals surface area contributed by atoms with Crippen LogP contribution in [0.15, 0.2) is 35.1 Å². The Morgan fingerprint density at radius 1 is 1.33 bits per heavy atom. The van der Waals surface area contributed by atoms with Gasteiger partial charge in [-0.05, 0) is 31.2 Å². The van der Waals surface area contributed by atoms with Crippen molar-refractivity contribution in [2.24, 2.45) is 0 Å². The van der Waals surface area contributed by atoms with Crippen molar-refractivity contribution in [1.29, 1.82) is 0 Å². The SMILES string of the molecule is Cc1cc(=O)[nH]c(NC(=O)c2ccc(Cl)cc2)n1. The number of aromatic amines is 1. The van der Waals surface area contributed by atoms with Crippen molar-refractivity contribution in [3.8, 4) is 0 Å². The molecule has 0 atom stereocenters. The van der Waals surface area contributed by atoms with Gasteiger partial charge in [0.05, 0.1) is 0 Å². The predicted octanol–water partition coefficient (Wildman–Crippen LogP) is 1.98. The number of hydrogen-bond donors (Lipinski definition) is 2. The van der Waals surface area contributed by atoms with Crippen molar-refractivity contribution in [2.45, 2.75) is 6.92 Å². The molecule has 1 heterocycles. The number of benzene rings is 1. The van der Waals surface area contributed by atoms with E-state index in [0.29, 0.717) is 16.3 Å². The predicted molar refractivity (Wildman–Crippen MR) is 69.0 cm³/mol. The quantitative estimate of drug-likeness (QED) is 0.870. The van der Waals surface area contributed by atoms with Gasteiger partial charge in [-0.3, -0.25) is 19.9 Å². The lowest BCUT2D eigenvalue weighted by molar-refractivity contribution is 0.102. The highest BCUT2D eigenvalue weighted by atomic mass is 35.5. The zero-order valence-electron chi connectivity index (χ0n) is 9.53. The van der Waals surface area contributed by atoms with Crippen molar-refractivity contribution in [3.05, 3.63) is 57.0 Å². The highest BCUT2D eigenvalue weighted by Gasteiger charge is 2.07. The van der Waals surface area contributed by atoms with Crippen LogP contribution in [0.5, 0.6) is 0 Å². The van der Waals surface area contributed by atoms with Gasteiger partial charge in [0.15, 0.2) is 0 Å². The molecule has 1 amide bonds. The molecule has 0 fully saturated rings. The molecule has 0 saturated carbocycles. The van der Waals surface area contributed by atoms with Crippen LogP contribution in [-0.2, 0) is 0 Å². The Kier molecular flexibility index (Phi) is 3.43. The van der Waals surface area contributed by atoms with Crippen LogP contribution in [0.1, 0.15) is 16.1 Å². The molecule has 0 spiro atoms. The average molecular weight is 264 g/mol. The van der Waals surface area contributed by atoms with Crippen molar-refractivity contribution in [2.75, 3.05) is 5.32 Å². The molecule has 0 saturated heterocycles. The zero-order valence-corrected chi connectivity index (χ0v) is 10.3. The van der Waals surface area contributed by atoms with E-state index in [1.165, 1.54) is 6.07 Å². The van der Waals surface area contributed by atoms with Gasteiger partial charge < -0.3 is 0 Å². The minimum absolute atomic E-state index is 0.125. The Morgan fingerprint density at radius 3 is 2.61 bits per heavy atom. The van der Waals surface area contributed by atoms with Gasteiger partial charge in [0.25, 0.3) is 11.5 Å². The van der Waals surface area contributed by atoms with Crippen molar-refractivity contribution in [1.82, 2.24) is 9.97 Å². The van der Waals surface area contributed by atoms with Gasteiger partial charge in [-0.1, -0.05) is 11.6 Å². The Balaban J connectivity index is 2.21. The monoisotopic (exact) mass is 263 g/mol. The summed E-state index contributed by atoms with van der Waals surface area (Å²) in [6.45, 7) is 1.67. The summed E-state index contributed by atoms with van der Waals surface area (Å²) in [5.41, 5.74) is 0.655. The molecular formula is C12H10ClN3O2. The van der Waals surface area contributed by atoms with Crippen molar-refractivity contribution >= 4 is 23.5 Å². The first kappa shape index (κ1) is 12.3. The summed E-state index contributed by atoms with van der Waals surface area (Å²) in [5.74, 6) is -0.236. The van der Waals surface area contributed by atoms with Crippen LogP contribution in [0.2, 0.25) is 5.02 Å². The highest BCUT2D eigenvalue weighted by Crippen LogP contribution is 2.10. The smallest absolute Gasteiger partial charge is 0.257 e. The van der Waals surface area contributed by atoms with Crippen LogP contribution in [0.25, 0.3) is 0 Å². The van der Waals surface area contributed by atoms with E-state index in [0.717, 1.165) is 0 Å². The summed E-state index contributed by atoms with van der Waals surface area (Å²) >= 11 is 5.73. The molecule has 0 aliphatic heterocycles. The van der Waals surface area contributed by atoms with E-state index < -0.39 is 0 Å². The second kappa shape index (κ2) is 5.01. The molecule has 2 aromatic rings. The summed E-state index contributed by atoms with van der Waals surface area (Å²) in [6, 6.07) is 7.75. The molecule has 0 unspecified atom stereocenters. The Morgan fingerprint density at radius 2 is 2.00 bits per heavy atom. The third kappa shape index (κ3) is 2.95. The lowest BCUT2D eigenvalue weighted by Gasteiger charge is -2.04. The number of anilines is 1. The average Bonchev–Trinajstić information content (AvgIpc) is 2.28. The molecule has 0 aliphatic rings. The molecule has 5 nitrogen and oxygen atoms in total. The van der Waals surface area contributed by atoms with E-state index in [-0.39, 0.29) is 17.4 Å². The van der Waals surface area contributed by atoms with Crippen LogP contribution < -0.4 is 10.9 Å². The zero-order chi connectivity index (χ0) is 13.1. The summed E-state index contributed by atoms with van der Waals surface area (Å²) in [4.78, 5) is 29.5. The first-order valence-corrected chi connectivity index (χ1v) is 5.57. The van der Waals surface area contributed by atoms with Gasteiger partial charge in [0.1, 0.15) is 0 Å². The summed E-state index contributed by atoms with van der Waals surface area (Å²) < 4.78 is 0. The molecule has 2 rings (SSSR count). The minimum Gasteiger partial charge on any atom is -0.292 e. The number of rotatable bonds is 2. The Labute approximate surface area is 108 Å². The number of carbonyl (C=O) groups excluding carboxylic acids is 1. The van der Waals surface area contributed by atoms with Gasteiger partial charge in [-0.15, -0.1) is 0 Å². The highest BCUT2D eigenvalue weighted by molar-refractivity contribution is 6.30. The lowest BCUT2D eigenvalue weighted by Crippen LogP contribution is -2.18. The van der Waals surface area contributed by atoms with Crippen LogP contribution in [0.3, 0.4) is 0 Å². The number of amides is 1. The topological polar surface area (TPSA) is 74.8 Å². The maximum atomic E-state index is 11.8. The number of carbonyl (C=O) groups is 1. The number of nitrogens with zero attached hydrogens (tertiary/aromatic N) is 1. The third-order valence-corrected chi connectivity index (χ3v) is 2.46. The van der Waals surface area contributed by atoms with E-state index in [1.54, 1.807) is 31.2 Å². The number of aryl methyl sites for hydroxylation is 1. The maximum absolute atomic E-state index is 11.8. The molecular weight excluding hydrogens is 254 g/mol. The normalized spacial score (nSPS) is 10.1. The van der Waals surface area contributed by atoms with Crippen molar-refractivity contribution < 1.29 is 4.79 Å². The Bertz CT molecular complexity index is 635. The molecule has 0 bridgehead atoms. The van der Waals surface area contributed by atoms with E-state index in [4.69, 9.17) is 11.6 Å². The number of H-pyrrole nitrogens is 1. The fourth-order valence-electron chi connectivity index (χ4n) is 1.42. The molecule has 2 N–H and O–H groups in total. The molecule has 6 heteroatoms. The largest absolute Gasteiger partial charge is 0.292 e. The van der Waals surface area contributed by atoms with Gasteiger partial charge in [-0.2, -0.15) is 0 Å². The third-order valence-electron chi connectivity index (χ3n) is 2.21. The number of halogens is 1. The fraction of sp³-hybridized carbons (Fsp3) is 0.0833. The molecule has 0 radical (unpaired) electrons. The first-order valence-electron chi connectivity index (χ1n) is 5.19. The molecule has 18 heavy (non-hydrogen) atoms. The fourth-order valence-corrected chi connectivity index (χ4v) is 1.55. The van der Waals surface area contributed by atoms with E-state index >= 15 is 0 Å². The minimum atomic E-state index is -0.361. The Hall–Kier alpha value is -2.14. The number of nitrogens with one attached hydrogen (secondary N) is 2. The summed E-state index contributed by atoms with van der Waals surface area (Å²) in [5, 5.41) is 3.06. The van der Waals surface area contributed by atoms with E-state index in [2.05, 4.69) is 15.3 Å². The number of aromatic nitrogens is 2. The maximum Gasteiger partial charge on any atom is 0.257 e. The summed E-state index contributed by atoms with van der Waals surface area (Å²) in [7, 11) is 0. The van der Waals surface area contributed by atoms with Crippen LogP contribution >= 0.6 is 11.6 Å². The lowest BCUT2D eigenvalue weighted by atomic mass is 10.2. The van der Waals surface area contributed by atoms with E-state index in [1.807, 2.05) is 0 Å². The van der Waals surface area contributed by atoms with Crippen LogP contribution in [0.4, 0.5) is 5.95 Å².